The van der Waals surface area contributed by atoms with E-state index in [9.17, 15) is 4.79 Å². The lowest BCUT2D eigenvalue weighted by atomic mass is 10.2. The monoisotopic (exact) mass is 300 g/mol. The van der Waals surface area contributed by atoms with Crippen LogP contribution in [0.15, 0.2) is 54.6 Å². The molecule has 2 rings (SSSR count). The molecule has 0 aliphatic carbocycles. The average molecular weight is 300 g/mol. The molecule has 116 valence electrons. The maximum atomic E-state index is 11.0. The van der Waals surface area contributed by atoms with Gasteiger partial charge in [0, 0.05) is 6.42 Å². The molecule has 4 heteroatoms. The third-order valence-electron chi connectivity index (χ3n) is 3.09. The molecule has 0 heterocycles. The normalized spacial score (nSPS) is 10.0. The fourth-order valence-electron chi connectivity index (χ4n) is 1.88. The summed E-state index contributed by atoms with van der Waals surface area (Å²) in [5.74, 6) is 1.34. The lowest BCUT2D eigenvalue weighted by Crippen LogP contribution is -2.04. The Bertz CT molecular complexity index is 563. The van der Waals surface area contributed by atoms with Gasteiger partial charge in [-0.3, -0.25) is 4.79 Å². The Balaban J connectivity index is 1.72. The first-order valence-electron chi connectivity index (χ1n) is 7.24. The number of carbonyl (C=O) groups excluding carboxylic acids is 1. The molecule has 0 bridgehead atoms. The second-order valence-corrected chi connectivity index (χ2v) is 4.77. The van der Waals surface area contributed by atoms with Crippen LogP contribution >= 0.6 is 0 Å². The minimum absolute atomic E-state index is 0.215. The van der Waals surface area contributed by atoms with E-state index in [2.05, 4.69) is 4.74 Å². The summed E-state index contributed by atoms with van der Waals surface area (Å²) in [5, 5.41) is 0. The molecule has 22 heavy (non-hydrogen) atoms. The van der Waals surface area contributed by atoms with Crippen molar-refractivity contribution in [1.82, 2.24) is 0 Å². The number of benzene rings is 2. The van der Waals surface area contributed by atoms with E-state index in [0.29, 0.717) is 26.1 Å². The molecular formula is C18H20O4. The molecule has 0 atom stereocenters. The number of carbonyl (C=O) groups is 1. The number of esters is 1. The SMILES string of the molecule is COC(=O)CCCOc1ccc(OCc2ccccc2)cc1. The number of hydrogen-bond donors (Lipinski definition) is 0. The molecule has 0 radical (unpaired) electrons. The third kappa shape index (κ3) is 5.48. The van der Waals surface area contributed by atoms with Crippen LogP contribution in [0.4, 0.5) is 0 Å². The van der Waals surface area contributed by atoms with Gasteiger partial charge in [-0.25, -0.2) is 0 Å². The molecule has 2 aromatic carbocycles. The Morgan fingerprint density at radius 2 is 1.55 bits per heavy atom. The largest absolute Gasteiger partial charge is 0.494 e. The summed E-state index contributed by atoms with van der Waals surface area (Å²) in [7, 11) is 1.39. The molecule has 0 saturated heterocycles. The summed E-state index contributed by atoms with van der Waals surface area (Å²) in [6.07, 6.45) is 1.01. The Kier molecular flexibility index (Phi) is 6.30. The molecule has 0 aliphatic heterocycles. The van der Waals surface area contributed by atoms with E-state index in [4.69, 9.17) is 9.47 Å². The van der Waals surface area contributed by atoms with Gasteiger partial charge in [0.25, 0.3) is 0 Å². The quantitative estimate of drug-likeness (QED) is 0.552. The average Bonchev–Trinajstić information content (AvgIpc) is 2.58. The van der Waals surface area contributed by atoms with Crippen molar-refractivity contribution in [2.45, 2.75) is 19.4 Å². The Labute approximate surface area is 130 Å². The van der Waals surface area contributed by atoms with E-state index in [1.54, 1.807) is 0 Å². The van der Waals surface area contributed by atoms with Crippen molar-refractivity contribution < 1.29 is 19.0 Å². The topological polar surface area (TPSA) is 44.8 Å². The highest BCUT2D eigenvalue weighted by molar-refractivity contribution is 5.69. The fraction of sp³-hybridized carbons (Fsp3) is 0.278. The summed E-state index contributed by atoms with van der Waals surface area (Å²) in [6.45, 7) is 1.03. The van der Waals surface area contributed by atoms with Crippen LogP contribution in [0.5, 0.6) is 11.5 Å². The van der Waals surface area contributed by atoms with Crippen molar-refractivity contribution in [3.63, 3.8) is 0 Å². The molecular weight excluding hydrogens is 280 g/mol. The van der Waals surface area contributed by atoms with E-state index in [1.807, 2.05) is 54.6 Å². The second kappa shape index (κ2) is 8.72. The van der Waals surface area contributed by atoms with E-state index in [1.165, 1.54) is 7.11 Å². The Morgan fingerprint density at radius 1 is 0.909 bits per heavy atom. The highest BCUT2D eigenvalue weighted by Crippen LogP contribution is 2.19. The van der Waals surface area contributed by atoms with Crippen molar-refractivity contribution in [2.24, 2.45) is 0 Å². The van der Waals surface area contributed by atoms with Crippen molar-refractivity contribution in [2.75, 3.05) is 13.7 Å². The first kappa shape index (κ1) is 15.9. The van der Waals surface area contributed by atoms with Crippen molar-refractivity contribution in [3.05, 3.63) is 60.2 Å². The molecule has 0 amide bonds. The highest BCUT2D eigenvalue weighted by atomic mass is 16.5. The van der Waals surface area contributed by atoms with Gasteiger partial charge in [-0.2, -0.15) is 0 Å². The predicted molar refractivity (Wildman–Crippen MR) is 84.0 cm³/mol. The van der Waals surface area contributed by atoms with E-state index >= 15 is 0 Å². The van der Waals surface area contributed by atoms with Crippen LogP contribution in [0, 0.1) is 0 Å². The first-order valence-corrected chi connectivity index (χ1v) is 7.24. The molecule has 0 fully saturated rings. The molecule has 2 aromatic rings. The summed E-state index contributed by atoms with van der Waals surface area (Å²) in [4.78, 5) is 11.0. The van der Waals surface area contributed by atoms with Crippen molar-refractivity contribution >= 4 is 5.97 Å². The van der Waals surface area contributed by atoms with Gasteiger partial charge in [0.05, 0.1) is 13.7 Å². The smallest absolute Gasteiger partial charge is 0.305 e. The van der Waals surface area contributed by atoms with Crippen molar-refractivity contribution in [1.29, 1.82) is 0 Å². The molecule has 0 N–H and O–H groups in total. The summed E-state index contributed by atoms with van der Waals surface area (Å²) >= 11 is 0. The molecule has 0 saturated carbocycles. The maximum absolute atomic E-state index is 11.0. The van der Waals surface area contributed by atoms with Crippen LogP contribution in [0.3, 0.4) is 0 Å². The second-order valence-electron chi connectivity index (χ2n) is 4.77. The van der Waals surface area contributed by atoms with Gasteiger partial charge in [-0.15, -0.1) is 0 Å². The van der Waals surface area contributed by atoms with Crippen molar-refractivity contribution in [3.8, 4) is 11.5 Å². The first-order chi connectivity index (χ1) is 10.8. The van der Waals surface area contributed by atoms with Gasteiger partial charge < -0.3 is 14.2 Å². The zero-order chi connectivity index (χ0) is 15.6. The Hall–Kier alpha value is -2.49. The van der Waals surface area contributed by atoms with Crippen LogP contribution in [0.2, 0.25) is 0 Å². The number of hydrogen-bond acceptors (Lipinski definition) is 4. The zero-order valence-electron chi connectivity index (χ0n) is 12.7. The standard InChI is InChI=1S/C18H20O4/c1-20-18(19)8-5-13-21-16-9-11-17(12-10-16)22-14-15-6-3-2-4-7-15/h2-4,6-7,9-12H,5,8,13-14H2,1H3. The van der Waals surface area contributed by atoms with Gasteiger partial charge in [-0.05, 0) is 36.2 Å². The van der Waals surface area contributed by atoms with Crippen LogP contribution in [-0.4, -0.2) is 19.7 Å². The van der Waals surface area contributed by atoms with Gasteiger partial charge >= 0.3 is 5.97 Å². The third-order valence-corrected chi connectivity index (χ3v) is 3.09. The lowest BCUT2D eigenvalue weighted by molar-refractivity contribution is -0.140. The number of rotatable bonds is 8. The minimum atomic E-state index is -0.215. The van der Waals surface area contributed by atoms with Crippen LogP contribution in [0.25, 0.3) is 0 Å². The van der Waals surface area contributed by atoms with Gasteiger partial charge in [0.2, 0.25) is 0 Å². The van der Waals surface area contributed by atoms with Gasteiger partial charge in [0.15, 0.2) is 0 Å². The molecule has 0 aromatic heterocycles. The Morgan fingerprint density at radius 3 is 2.18 bits per heavy atom. The lowest BCUT2D eigenvalue weighted by Gasteiger charge is -2.08. The van der Waals surface area contributed by atoms with E-state index < -0.39 is 0 Å². The maximum Gasteiger partial charge on any atom is 0.305 e. The molecule has 0 spiro atoms. The molecule has 0 aliphatic rings. The van der Waals surface area contributed by atoms with E-state index in [0.717, 1.165) is 17.1 Å². The number of methoxy groups -OCH3 is 1. The van der Waals surface area contributed by atoms with Gasteiger partial charge in [0.1, 0.15) is 18.1 Å². The van der Waals surface area contributed by atoms with Gasteiger partial charge in [-0.1, -0.05) is 30.3 Å². The van der Waals surface area contributed by atoms with Crippen LogP contribution < -0.4 is 9.47 Å². The van der Waals surface area contributed by atoms with Crippen LogP contribution in [0.1, 0.15) is 18.4 Å². The predicted octanol–water partition coefficient (Wildman–Crippen LogP) is 3.60. The molecule has 0 unspecified atom stereocenters. The zero-order valence-corrected chi connectivity index (χ0v) is 12.7. The summed E-state index contributed by atoms with van der Waals surface area (Å²) in [6, 6.07) is 17.5. The summed E-state index contributed by atoms with van der Waals surface area (Å²) in [5.41, 5.74) is 1.13. The molecule has 4 nitrogen and oxygen atoms in total. The van der Waals surface area contributed by atoms with E-state index in [-0.39, 0.29) is 5.97 Å². The fourth-order valence-corrected chi connectivity index (χ4v) is 1.88. The highest BCUT2D eigenvalue weighted by Gasteiger charge is 2.01. The van der Waals surface area contributed by atoms with Crippen LogP contribution in [-0.2, 0) is 16.1 Å². The number of ether oxygens (including phenoxy) is 3. The summed E-state index contributed by atoms with van der Waals surface area (Å²) < 4.78 is 15.8. The minimum Gasteiger partial charge on any atom is -0.494 e.